The van der Waals surface area contributed by atoms with E-state index in [1.165, 1.54) is 0 Å². The SMILES string of the molecule is CCCC(C(=O)NC=O)c1coc2cc(CNC(=O)Nc3cc(Cl)c(C)c(OCCN4CCOCC4)c3)ccc12. The Morgan fingerprint density at radius 2 is 2.00 bits per heavy atom. The van der Waals surface area contributed by atoms with Crippen molar-refractivity contribution in [3.63, 3.8) is 0 Å². The van der Waals surface area contributed by atoms with Crippen molar-refractivity contribution in [1.29, 1.82) is 0 Å². The Labute approximate surface area is 238 Å². The van der Waals surface area contributed by atoms with E-state index in [0.29, 0.717) is 41.5 Å². The number of amides is 4. The van der Waals surface area contributed by atoms with Gasteiger partial charge in [0.2, 0.25) is 12.3 Å². The van der Waals surface area contributed by atoms with Gasteiger partial charge in [0.15, 0.2) is 0 Å². The standard InChI is InChI=1S/C29H35ClN4O6/c1-3-4-23(28(36)32-18-35)24-17-40-27-13-20(5-6-22(24)27)16-31-29(37)33-21-14-25(30)19(2)26(15-21)39-12-9-34-7-10-38-11-8-34/h5-6,13-15,17-18,23H,3-4,7-12,16H2,1-2H3,(H2,31,33,37)(H,32,35,36). The summed E-state index contributed by atoms with van der Waals surface area (Å²) >= 11 is 6.41. The molecule has 1 aliphatic heterocycles. The van der Waals surface area contributed by atoms with Gasteiger partial charge in [0.1, 0.15) is 17.9 Å². The number of urea groups is 1. The van der Waals surface area contributed by atoms with Gasteiger partial charge in [-0.15, -0.1) is 0 Å². The van der Waals surface area contributed by atoms with Crippen molar-refractivity contribution in [3.05, 3.63) is 58.3 Å². The number of ether oxygens (including phenoxy) is 2. The fourth-order valence-corrected chi connectivity index (χ4v) is 4.90. The Morgan fingerprint density at radius 1 is 1.20 bits per heavy atom. The predicted octanol–water partition coefficient (Wildman–Crippen LogP) is 4.58. The highest BCUT2D eigenvalue weighted by atomic mass is 35.5. The van der Waals surface area contributed by atoms with Gasteiger partial charge < -0.3 is 24.5 Å². The lowest BCUT2D eigenvalue weighted by Crippen LogP contribution is -2.38. The molecular formula is C29H35ClN4O6. The molecule has 3 aromatic rings. The van der Waals surface area contributed by atoms with Crippen molar-refractivity contribution in [3.8, 4) is 5.75 Å². The number of rotatable bonds is 12. The van der Waals surface area contributed by atoms with Crippen LogP contribution in [0, 0.1) is 6.92 Å². The molecule has 1 fully saturated rings. The molecule has 0 spiro atoms. The minimum absolute atomic E-state index is 0.254. The third kappa shape index (κ3) is 7.53. The Balaban J connectivity index is 1.35. The lowest BCUT2D eigenvalue weighted by atomic mass is 9.93. The van der Waals surface area contributed by atoms with Gasteiger partial charge in [-0.05, 0) is 31.0 Å². The monoisotopic (exact) mass is 570 g/mol. The van der Waals surface area contributed by atoms with E-state index in [4.69, 9.17) is 25.5 Å². The van der Waals surface area contributed by atoms with Crippen LogP contribution in [0.25, 0.3) is 11.0 Å². The Bertz CT molecular complexity index is 1340. The molecular weight excluding hydrogens is 536 g/mol. The average Bonchev–Trinajstić information content (AvgIpc) is 3.36. The minimum atomic E-state index is -0.485. The van der Waals surface area contributed by atoms with Crippen molar-refractivity contribution in [1.82, 2.24) is 15.5 Å². The fraction of sp³-hybridized carbons (Fsp3) is 0.414. The maximum Gasteiger partial charge on any atom is 0.319 e. The maximum atomic E-state index is 12.7. The number of imide groups is 1. The summed E-state index contributed by atoms with van der Waals surface area (Å²) in [5.41, 5.74) is 3.48. The summed E-state index contributed by atoms with van der Waals surface area (Å²) in [5, 5.41) is 9.20. The van der Waals surface area contributed by atoms with Gasteiger partial charge in [0.05, 0.1) is 25.4 Å². The topological polar surface area (TPSA) is 122 Å². The van der Waals surface area contributed by atoms with Crippen LogP contribution in [0.5, 0.6) is 5.75 Å². The Kier molecular flexibility index (Phi) is 10.4. The normalized spacial score (nSPS) is 14.5. The highest BCUT2D eigenvalue weighted by Gasteiger charge is 2.23. The number of fused-ring (bicyclic) bond motifs is 1. The van der Waals surface area contributed by atoms with Crippen LogP contribution in [0.4, 0.5) is 10.5 Å². The zero-order valence-electron chi connectivity index (χ0n) is 22.8. The van der Waals surface area contributed by atoms with Gasteiger partial charge in [0.25, 0.3) is 0 Å². The number of hydrogen-bond acceptors (Lipinski definition) is 7. The third-order valence-electron chi connectivity index (χ3n) is 6.92. The van der Waals surface area contributed by atoms with Crippen LogP contribution < -0.4 is 20.7 Å². The highest BCUT2D eigenvalue weighted by Crippen LogP contribution is 2.32. The van der Waals surface area contributed by atoms with Crippen molar-refractivity contribution in [2.75, 3.05) is 44.8 Å². The van der Waals surface area contributed by atoms with Crippen LogP contribution in [-0.4, -0.2) is 62.7 Å². The molecule has 1 unspecified atom stereocenters. The van der Waals surface area contributed by atoms with E-state index in [9.17, 15) is 14.4 Å². The van der Waals surface area contributed by atoms with E-state index < -0.39 is 11.9 Å². The van der Waals surface area contributed by atoms with Crippen molar-refractivity contribution < 1.29 is 28.3 Å². The predicted molar refractivity (Wildman–Crippen MR) is 153 cm³/mol. The molecule has 3 N–H and O–H groups in total. The molecule has 1 saturated heterocycles. The summed E-state index contributed by atoms with van der Waals surface area (Å²) in [6.45, 7) is 8.63. The lowest BCUT2D eigenvalue weighted by molar-refractivity contribution is -0.126. The summed E-state index contributed by atoms with van der Waals surface area (Å²) in [4.78, 5) is 38.1. The fourth-order valence-electron chi connectivity index (χ4n) is 4.69. The number of nitrogens with one attached hydrogen (secondary N) is 3. The number of halogens is 1. The van der Waals surface area contributed by atoms with E-state index in [-0.39, 0.29) is 12.5 Å². The first-order valence-electron chi connectivity index (χ1n) is 13.4. The first kappa shape index (κ1) is 29.4. The molecule has 1 aromatic heterocycles. The second-order valence-electron chi connectivity index (χ2n) is 9.68. The number of hydrogen-bond donors (Lipinski definition) is 3. The van der Waals surface area contributed by atoms with Gasteiger partial charge >= 0.3 is 6.03 Å². The molecule has 11 heteroatoms. The molecule has 40 heavy (non-hydrogen) atoms. The zero-order valence-corrected chi connectivity index (χ0v) is 23.5. The molecule has 0 bridgehead atoms. The van der Waals surface area contributed by atoms with E-state index >= 15 is 0 Å². The zero-order chi connectivity index (χ0) is 28.5. The summed E-state index contributed by atoms with van der Waals surface area (Å²) in [5.74, 6) is -0.219. The van der Waals surface area contributed by atoms with Crippen molar-refractivity contribution >= 4 is 46.6 Å². The largest absolute Gasteiger partial charge is 0.492 e. The lowest BCUT2D eigenvalue weighted by Gasteiger charge is -2.26. The summed E-state index contributed by atoms with van der Waals surface area (Å²) in [6.07, 6.45) is 3.31. The van der Waals surface area contributed by atoms with Crippen LogP contribution >= 0.6 is 11.6 Å². The van der Waals surface area contributed by atoms with Crippen LogP contribution in [-0.2, 0) is 20.9 Å². The number of carbonyl (C=O) groups excluding carboxylic acids is 3. The van der Waals surface area contributed by atoms with Crippen LogP contribution in [0.15, 0.2) is 41.0 Å². The van der Waals surface area contributed by atoms with E-state index in [1.807, 2.05) is 32.0 Å². The number of morpholine rings is 1. The Morgan fingerprint density at radius 3 is 2.75 bits per heavy atom. The first-order chi connectivity index (χ1) is 19.4. The maximum absolute atomic E-state index is 12.7. The third-order valence-corrected chi connectivity index (χ3v) is 7.31. The van der Waals surface area contributed by atoms with Gasteiger partial charge in [-0.3, -0.25) is 19.8 Å². The van der Waals surface area contributed by atoms with Crippen molar-refractivity contribution in [2.24, 2.45) is 0 Å². The quantitative estimate of drug-likeness (QED) is 0.272. The average molecular weight is 571 g/mol. The smallest absolute Gasteiger partial charge is 0.319 e. The summed E-state index contributed by atoms with van der Waals surface area (Å²) in [7, 11) is 0. The number of benzene rings is 2. The molecule has 10 nitrogen and oxygen atoms in total. The second-order valence-corrected chi connectivity index (χ2v) is 10.1. The number of nitrogens with zero attached hydrogens (tertiary/aromatic N) is 1. The summed E-state index contributed by atoms with van der Waals surface area (Å²) < 4.78 is 17.1. The minimum Gasteiger partial charge on any atom is -0.492 e. The Hall–Kier alpha value is -3.60. The first-order valence-corrected chi connectivity index (χ1v) is 13.8. The molecule has 0 saturated carbocycles. The molecule has 4 rings (SSSR count). The van der Waals surface area contributed by atoms with E-state index in [1.54, 1.807) is 18.4 Å². The highest BCUT2D eigenvalue weighted by molar-refractivity contribution is 6.32. The molecule has 1 atom stereocenters. The van der Waals surface area contributed by atoms with Crippen LogP contribution in [0.3, 0.4) is 0 Å². The molecule has 0 radical (unpaired) electrons. The number of furan rings is 1. The molecule has 1 aliphatic rings. The molecule has 2 aromatic carbocycles. The number of anilines is 1. The molecule has 0 aliphatic carbocycles. The van der Waals surface area contributed by atoms with Crippen molar-refractivity contribution in [2.45, 2.75) is 39.2 Å². The summed E-state index contributed by atoms with van der Waals surface area (Å²) in [6, 6.07) is 8.61. The molecule has 2 heterocycles. The van der Waals surface area contributed by atoms with Gasteiger partial charge in [-0.25, -0.2) is 4.79 Å². The van der Waals surface area contributed by atoms with Gasteiger partial charge in [-0.2, -0.15) is 0 Å². The van der Waals surface area contributed by atoms with Gasteiger partial charge in [0, 0.05) is 59.5 Å². The van der Waals surface area contributed by atoms with Crippen LogP contribution in [0.1, 0.15) is 42.4 Å². The van der Waals surface area contributed by atoms with Crippen LogP contribution in [0.2, 0.25) is 5.02 Å². The van der Waals surface area contributed by atoms with E-state index in [0.717, 1.165) is 61.3 Å². The van der Waals surface area contributed by atoms with E-state index in [2.05, 4.69) is 20.9 Å². The molecule has 4 amide bonds. The molecule has 214 valence electrons. The number of carbonyl (C=O) groups is 3. The van der Waals surface area contributed by atoms with Gasteiger partial charge in [-0.1, -0.05) is 37.1 Å². The second kappa shape index (κ2) is 14.2.